The third-order valence-corrected chi connectivity index (χ3v) is 9.94. The fourth-order valence-corrected chi connectivity index (χ4v) is 7.10. The SMILES string of the molecule is CC(=O)NCCN1CCCc2ccc(COC3CN(C(=O)c4ccc(CO)cc4)CCC3c3ccc(OCCCOCc4ccccc4)cc3)cc21. The van der Waals surface area contributed by atoms with E-state index >= 15 is 0 Å². The Kier molecular flexibility index (Phi) is 13.3. The van der Waals surface area contributed by atoms with Gasteiger partial charge in [0.05, 0.1) is 39.1 Å². The van der Waals surface area contributed by atoms with Gasteiger partial charge in [0.1, 0.15) is 5.75 Å². The van der Waals surface area contributed by atoms with Gasteiger partial charge in [-0.15, -0.1) is 0 Å². The highest BCUT2D eigenvalue weighted by atomic mass is 16.5. The number of rotatable bonds is 16. The molecule has 0 bridgehead atoms. The molecule has 0 spiro atoms. The Hall–Kier alpha value is -4.70. The molecule has 9 nitrogen and oxygen atoms in total. The van der Waals surface area contributed by atoms with E-state index in [2.05, 4.69) is 52.7 Å². The molecule has 274 valence electrons. The zero-order valence-corrected chi connectivity index (χ0v) is 30.2. The number of amides is 2. The van der Waals surface area contributed by atoms with Gasteiger partial charge >= 0.3 is 0 Å². The molecule has 0 saturated carbocycles. The Bertz CT molecular complexity index is 1730. The summed E-state index contributed by atoms with van der Waals surface area (Å²) < 4.78 is 18.6. The highest BCUT2D eigenvalue weighted by Crippen LogP contribution is 2.34. The quantitative estimate of drug-likeness (QED) is 0.133. The number of hydrogen-bond acceptors (Lipinski definition) is 7. The molecule has 0 aromatic heterocycles. The smallest absolute Gasteiger partial charge is 0.253 e. The summed E-state index contributed by atoms with van der Waals surface area (Å²) in [5.74, 6) is 0.878. The van der Waals surface area contributed by atoms with Crippen molar-refractivity contribution in [1.82, 2.24) is 10.2 Å². The van der Waals surface area contributed by atoms with E-state index in [0.29, 0.717) is 51.6 Å². The lowest BCUT2D eigenvalue weighted by molar-refractivity contribution is -0.118. The number of piperidine rings is 1. The molecule has 1 saturated heterocycles. The van der Waals surface area contributed by atoms with Crippen LogP contribution in [0.4, 0.5) is 5.69 Å². The van der Waals surface area contributed by atoms with Gasteiger partial charge in [-0.2, -0.15) is 0 Å². The van der Waals surface area contributed by atoms with Crippen molar-refractivity contribution in [3.8, 4) is 5.75 Å². The van der Waals surface area contributed by atoms with Gasteiger partial charge in [-0.05, 0) is 77.4 Å². The van der Waals surface area contributed by atoms with Crippen LogP contribution in [-0.4, -0.2) is 73.9 Å². The summed E-state index contributed by atoms with van der Waals surface area (Å²) in [6.07, 6.45) is 3.48. The number of nitrogens with one attached hydrogen (secondary N) is 1. The van der Waals surface area contributed by atoms with Crippen LogP contribution in [0.2, 0.25) is 0 Å². The van der Waals surface area contributed by atoms with Crippen molar-refractivity contribution >= 4 is 17.5 Å². The molecule has 2 aliphatic heterocycles. The predicted octanol–water partition coefficient (Wildman–Crippen LogP) is 6.27. The van der Waals surface area contributed by atoms with Crippen LogP contribution < -0.4 is 15.0 Å². The highest BCUT2D eigenvalue weighted by molar-refractivity contribution is 5.94. The zero-order valence-electron chi connectivity index (χ0n) is 30.2. The number of carbonyl (C=O) groups is 2. The molecule has 2 amide bonds. The van der Waals surface area contributed by atoms with Crippen LogP contribution >= 0.6 is 0 Å². The summed E-state index contributed by atoms with van der Waals surface area (Å²) in [4.78, 5) is 29.3. The summed E-state index contributed by atoms with van der Waals surface area (Å²) in [7, 11) is 0. The fraction of sp³-hybridized carbons (Fsp3) is 0.395. The number of benzene rings is 4. The van der Waals surface area contributed by atoms with Crippen LogP contribution in [0.25, 0.3) is 0 Å². The third-order valence-electron chi connectivity index (χ3n) is 9.94. The number of anilines is 1. The van der Waals surface area contributed by atoms with Gasteiger partial charge in [0.25, 0.3) is 5.91 Å². The molecule has 2 atom stereocenters. The maximum absolute atomic E-state index is 13.6. The van der Waals surface area contributed by atoms with Gasteiger partial charge in [-0.1, -0.05) is 66.7 Å². The second-order valence-corrected chi connectivity index (χ2v) is 13.7. The molecule has 4 aromatic carbocycles. The van der Waals surface area contributed by atoms with Gasteiger partial charge in [0.15, 0.2) is 0 Å². The minimum absolute atomic E-state index is 0.0152. The number of ether oxygens (including phenoxy) is 3. The summed E-state index contributed by atoms with van der Waals surface area (Å²) in [5, 5.41) is 12.4. The molecular weight excluding hydrogens is 654 g/mol. The van der Waals surface area contributed by atoms with Crippen LogP contribution in [0.1, 0.15) is 70.3 Å². The first-order chi connectivity index (χ1) is 25.5. The number of nitrogens with zero attached hydrogens (tertiary/aromatic N) is 2. The second-order valence-electron chi connectivity index (χ2n) is 13.7. The molecular formula is C43H51N3O6. The van der Waals surface area contributed by atoms with Gasteiger partial charge < -0.3 is 34.4 Å². The Morgan fingerprint density at radius 2 is 1.65 bits per heavy atom. The maximum atomic E-state index is 13.6. The molecule has 6 rings (SSSR count). The molecule has 52 heavy (non-hydrogen) atoms. The molecule has 9 heteroatoms. The Morgan fingerprint density at radius 3 is 2.42 bits per heavy atom. The van der Waals surface area contributed by atoms with E-state index in [1.54, 1.807) is 31.2 Å². The van der Waals surface area contributed by atoms with Crippen LogP contribution in [-0.2, 0) is 40.5 Å². The lowest BCUT2D eigenvalue weighted by Crippen LogP contribution is -2.46. The van der Waals surface area contributed by atoms with Crippen molar-refractivity contribution in [3.63, 3.8) is 0 Å². The van der Waals surface area contributed by atoms with E-state index in [0.717, 1.165) is 66.8 Å². The lowest BCUT2D eigenvalue weighted by Gasteiger charge is -2.39. The number of fused-ring (bicyclic) bond motifs is 1. The first kappa shape index (κ1) is 37.1. The number of aliphatic hydroxyl groups excluding tert-OH is 1. The van der Waals surface area contributed by atoms with Crippen molar-refractivity contribution in [2.24, 2.45) is 0 Å². The normalized spacial score (nSPS) is 17.0. The average molecular weight is 706 g/mol. The van der Waals surface area contributed by atoms with Crippen LogP contribution in [0.15, 0.2) is 97.1 Å². The van der Waals surface area contributed by atoms with Crippen LogP contribution in [0.3, 0.4) is 0 Å². The van der Waals surface area contributed by atoms with Gasteiger partial charge in [0, 0.05) is 63.2 Å². The van der Waals surface area contributed by atoms with Crippen molar-refractivity contribution in [1.29, 1.82) is 0 Å². The molecule has 2 unspecified atom stereocenters. The standard InChI is InChI=1S/C43H51N3O6/c1-32(48)44-21-24-45-22-5-9-37-13-12-35(27-41(37)45)31-52-42-28-46(43(49)38-14-10-33(29-47)11-15-38)23-20-40(42)36-16-18-39(19-17-36)51-26-6-25-50-30-34-7-3-2-4-8-34/h2-4,7-8,10-19,27,40,42,47H,5-6,9,20-26,28-31H2,1H3,(H,44,48). The van der Waals surface area contributed by atoms with Crippen molar-refractivity contribution in [2.45, 2.75) is 64.4 Å². The third kappa shape index (κ3) is 10.2. The number of aryl methyl sites for hydroxylation is 1. The van der Waals surface area contributed by atoms with Crippen LogP contribution in [0.5, 0.6) is 5.75 Å². The fourth-order valence-electron chi connectivity index (χ4n) is 7.10. The molecule has 4 aromatic rings. The van der Waals surface area contributed by atoms with Crippen molar-refractivity contribution in [3.05, 3.63) is 130 Å². The van der Waals surface area contributed by atoms with E-state index in [-0.39, 0.29) is 30.4 Å². The van der Waals surface area contributed by atoms with E-state index in [1.165, 1.54) is 11.3 Å². The summed E-state index contributed by atoms with van der Waals surface area (Å²) in [5.41, 5.74) is 7.33. The van der Waals surface area contributed by atoms with Gasteiger partial charge in [-0.25, -0.2) is 0 Å². The van der Waals surface area contributed by atoms with E-state index < -0.39 is 0 Å². The molecule has 0 radical (unpaired) electrons. The number of likely N-dealkylation sites (tertiary alicyclic amines) is 1. The molecule has 2 N–H and O–H groups in total. The first-order valence-corrected chi connectivity index (χ1v) is 18.5. The Labute approximate surface area is 307 Å². The van der Waals surface area contributed by atoms with Gasteiger partial charge in [0.2, 0.25) is 5.91 Å². The maximum Gasteiger partial charge on any atom is 0.253 e. The van der Waals surface area contributed by atoms with Crippen molar-refractivity contribution < 1.29 is 28.9 Å². The average Bonchev–Trinajstić information content (AvgIpc) is 3.18. The van der Waals surface area contributed by atoms with Crippen LogP contribution in [0, 0.1) is 0 Å². The number of hydrogen-bond donors (Lipinski definition) is 2. The van der Waals surface area contributed by atoms with Gasteiger partial charge in [-0.3, -0.25) is 9.59 Å². The predicted molar refractivity (Wildman–Crippen MR) is 203 cm³/mol. The molecule has 2 aliphatic rings. The lowest BCUT2D eigenvalue weighted by atomic mass is 9.86. The topological polar surface area (TPSA) is 101 Å². The zero-order chi connectivity index (χ0) is 36.1. The molecule has 2 heterocycles. The molecule has 0 aliphatic carbocycles. The van der Waals surface area contributed by atoms with Crippen molar-refractivity contribution in [2.75, 3.05) is 50.8 Å². The van der Waals surface area contributed by atoms with E-state index in [4.69, 9.17) is 14.2 Å². The molecule has 1 fully saturated rings. The second kappa shape index (κ2) is 18.7. The first-order valence-electron chi connectivity index (χ1n) is 18.5. The largest absolute Gasteiger partial charge is 0.494 e. The highest BCUT2D eigenvalue weighted by Gasteiger charge is 2.34. The summed E-state index contributed by atoms with van der Waals surface area (Å²) in [6.45, 7) is 7.15. The monoisotopic (exact) mass is 705 g/mol. The summed E-state index contributed by atoms with van der Waals surface area (Å²) in [6, 6.07) is 32.2. The number of carbonyl (C=O) groups excluding carboxylic acids is 2. The van der Waals surface area contributed by atoms with E-state index in [1.807, 2.05) is 35.2 Å². The number of aliphatic hydroxyl groups is 1. The Morgan fingerprint density at radius 1 is 0.865 bits per heavy atom. The van der Waals surface area contributed by atoms with E-state index in [9.17, 15) is 14.7 Å². The Balaban J connectivity index is 1.10. The minimum atomic E-state index is -0.213. The summed E-state index contributed by atoms with van der Waals surface area (Å²) >= 11 is 0. The minimum Gasteiger partial charge on any atom is -0.494 e.